The van der Waals surface area contributed by atoms with Gasteiger partial charge in [-0.15, -0.1) is 0 Å². The number of rotatable bonds is 11. The molecule has 0 heterocycles. The maximum absolute atomic E-state index is 12.2. The predicted molar refractivity (Wildman–Crippen MR) is 123 cm³/mol. The summed E-state index contributed by atoms with van der Waals surface area (Å²) < 4.78 is 10.3. The van der Waals surface area contributed by atoms with E-state index < -0.39 is 18.2 Å². The van der Waals surface area contributed by atoms with Crippen LogP contribution in [0.5, 0.6) is 0 Å². The van der Waals surface area contributed by atoms with Gasteiger partial charge in [0, 0.05) is 26.0 Å². The average Bonchev–Trinajstić information content (AvgIpc) is 3.11. The van der Waals surface area contributed by atoms with Crippen molar-refractivity contribution >= 4 is 18.0 Å². The summed E-state index contributed by atoms with van der Waals surface area (Å²) in [5, 5.41) is 14.2. The summed E-state index contributed by atoms with van der Waals surface area (Å²) in [5.41, 5.74) is 4.67. The molecule has 2 amide bonds. The number of amides is 2. The summed E-state index contributed by atoms with van der Waals surface area (Å²) in [7, 11) is 1.28. The van der Waals surface area contributed by atoms with Crippen LogP contribution in [-0.4, -0.2) is 56.0 Å². The minimum Gasteiger partial charge on any atom is -0.479 e. The van der Waals surface area contributed by atoms with Gasteiger partial charge >= 0.3 is 12.1 Å². The van der Waals surface area contributed by atoms with E-state index in [1.165, 1.54) is 18.2 Å². The van der Waals surface area contributed by atoms with Gasteiger partial charge in [0.25, 0.3) is 0 Å². The van der Waals surface area contributed by atoms with Gasteiger partial charge in [-0.05, 0) is 34.6 Å². The lowest BCUT2D eigenvalue weighted by atomic mass is 9.98. The summed E-state index contributed by atoms with van der Waals surface area (Å²) >= 11 is 0. The summed E-state index contributed by atoms with van der Waals surface area (Å²) in [6.45, 7) is 2.43. The Kier molecular flexibility index (Phi) is 8.43. The van der Waals surface area contributed by atoms with E-state index in [4.69, 9.17) is 14.6 Å². The van der Waals surface area contributed by atoms with E-state index in [2.05, 4.69) is 34.9 Å². The maximum Gasteiger partial charge on any atom is 0.407 e. The SMILES string of the molecule is COC(CNC(=O)CC(C)CCNC(=O)OCC1c2ccccc2-c2ccccc21)C(=O)O. The number of methoxy groups -OCH3 is 1. The molecule has 0 saturated carbocycles. The number of carboxylic acids is 1. The topological polar surface area (TPSA) is 114 Å². The van der Waals surface area contributed by atoms with Gasteiger partial charge in [0.15, 0.2) is 6.10 Å². The van der Waals surface area contributed by atoms with Gasteiger partial charge in [0.2, 0.25) is 5.91 Å². The molecule has 1 aliphatic rings. The molecule has 1 aliphatic carbocycles. The Morgan fingerprint density at radius 3 is 2.18 bits per heavy atom. The molecule has 176 valence electrons. The molecule has 8 heteroatoms. The quantitative estimate of drug-likeness (QED) is 0.481. The highest BCUT2D eigenvalue weighted by molar-refractivity contribution is 5.79. The number of nitrogens with one attached hydrogen (secondary N) is 2. The van der Waals surface area contributed by atoms with Crippen LogP contribution in [-0.2, 0) is 19.1 Å². The second kappa shape index (κ2) is 11.5. The summed E-state index contributed by atoms with van der Waals surface area (Å²) in [5.74, 6) is -1.37. The van der Waals surface area contributed by atoms with Crippen molar-refractivity contribution in [1.29, 1.82) is 0 Å². The minimum absolute atomic E-state index is 0.00436. The Balaban J connectivity index is 1.39. The number of benzene rings is 2. The van der Waals surface area contributed by atoms with Crippen LogP contribution in [0.2, 0.25) is 0 Å². The monoisotopic (exact) mass is 454 g/mol. The van der Waals surface area contributed by atoms with Crippen molar-refractivity contribution in [1.82, 2.24) is 10.6 Å². The zero-order valence-electron chi connectivity index (χ0n) is 18.9. The molecular weight excluding hydrogens is 424 g/mol. The van der Waals surface area contributed by atoms with Crippen LogP contribution in [0.25, 0.3) is 11.1 Å². The van der Waals surface area contributed by atoms with Crippen molar-refractivity contribution in [2.45, 2.75) is 31.8 Å². The third-order valence-corrected chi connectivity index (χ3v) is 5.83. The fraction of sp³-hybridized carbons (Fsp3) is 0.400. The molecule has 0 bridgehead atoms. The fourth-order valence-electron chi connectivity index (χ4n) is 4.04. The van der Waals surface area contributed by atoms with E-state index in [1.807, 2.05) is 31.2 Å². The molecule has 33 heavy (non-hydrogen) atoms. The summed E-state index contributed by atoms with van der Waals surface area (Å²) in [4.78, 5) is 35.1. The first-order valence-corrected chi connectivity index (χ1v) is 11.0. The Morgan fingerprint density at radius 2 is 1.61 bits per heavy atom. The third-order valence-electron chi connectivity index (χ3n) is 5.83. The Hall–Kier alpha value is -3.39. The lowest BCUT2D eigenvalue weighted by Crippen LogP contribution is -2.38. The van der Waals surface area contributed by atoms with E-state index in [1.54, 1.807) is 0 Å². The molecule has 8 nitrogen and oxygen atoms in total. The van der Waals surface area contributed by atoms with E-state index in [0.717, 1.165) is 11.1 Å². The first-order valence-electron chi connectivity index (χ1n) is 11.0. The zero-order chi connectivity index (χ0) is 23.8. The van der Waals surface area contributed by atoms with Gasteiger partial charge in [0.05, 0.1) is 6.54 Å². The van der Waals surface area contributed by atoms with Gasteiger partial charge < -0.3 is 25.2 Å². The number of carbonyl (C=O) groups excluding carboxylic acids is 2. The second-order valence-corrected chi connectivity index (χ2v) is 8.22. The molecule has 2 unspecified atom stereocenters. The van der Waals surface area contributed by atoms with E-state index >= 15 is 0 Å². The van der Waals surface area contributed by atoms with Gasteiger partial charge in [-0.3, -0.25) is 4.79 Å². The lowest BCUT2D eigenvalue weighted by molar-refractivity contribution is -0.148. The number of carboxylic acid groups (broad SMARTS) is 1. The predicted octanol–water partition coefficient (Wildman–Crippen LogP) is 3.16. The lowest BCUT2D eigenvalue weighted by Gasteiger charge is -2.16. The highest BCUT2D eigenvalue weighted by Crippen LogP contribution is 2.44. The van der Waals surface area contributed by atoms with Crippen molar-refractivity contribution < 1.29 is 29.0 Å². The fourth-order valence-corrected chi connectivity index (χ4v) is 4.04. The number of carbonyl (C=O) groups is 3. The molecule has 0 saturated heterocycles. The van der Waals surface area contributed by atoms with Gasteiger partial charge in [-0.1, -0.05) is 55.5 Å². The van der Waals surface area contributed by atoms with Crippen LogP contribution < -0.4 is 10.6 Å². The average molecular weight is 455 g/mol. The first-order chi connectivity index (χ1) is 15.9. The van der Waals surface area contributed by atoms with Gasteiger partial charge in [0.1, 0.15) is 6.61 Å². The number of fused-ring (bicyclic) bond motifs is 3. The van der Waals surface area contributed by atoms with Crippen LogP contribution in [0, 0.1) is 5.92 Å². The van der Waals surface area contributed by atoms with Crippen molar-refractivity contribution in [3.8, 4) is 11.1 Å². The normalized spacial score (nSPS) is 14.0. The van der Waals surface area contributed by atoms with Crippen LogP contribution in [0.3, 0.4) is 0 Å². The molecule has 0 radical (unpaired) electrons. The smallest absolute Gasteiger partial charge is 0.407 e. The number of ether oxygens (including phenoxy) is 2. The highest BCUT2D eigenvalue weighted by atomic mass is 16.5. The van der Waals surface area contributed by atoms with Gasteiger partial charge in [-0.25, -0.2) is 9.59 Å². The van der Waals surface area contributed by atoms with E-state index in [9.17, 15) is 14.4 Å². The zero-order valence-corrected chi connectivity index (χ0v) is 18.9. The molecule has 3 rings (SSSR count). The Bertz CT molecular complexity index is 947. The molecular formula is C25H30N2O6. The first kappa shape index (κ1) is 24.3. The van der Waals surface area contributed by atoms with Crippen molar-refractivity contribution in [3.63, 3.8) is 0 Å². The van der Waals surface area contributed by atoms with E-state index in [0.29, 0.717) is 13.0 Å². The van der Waals surface area contributed by atoms with Crippen LogP contribution >= 0.6 is 0 Å². The van der Waals surface area contributed by atoms with Crippen LogP contribution in [0.15, 0.2) is 48.5 Å². The second-order valence-electron chi connectivity index (χ2n) is 8.22. The summed E-state index contributed by atoms with van der Waals surface area (Å²) in [6.07, 6.45) is -0.746. The standard InChI is InChI=1S/C25H30N2O6/c1-16(13-23(28)27-14-22(32-2)24(29)30)11-12-26-25(31)33-15-21-19-9-5-3-7-17(19)18-8-4-6-10-20(18)21/h3-10,16,21-22H,11-15H2,1-2H3,(H,26,31)(H,27,28)(H,29,30). The molecule has 0 aromatic heterocycles. The molecule has 0 fully saturated rings. The number of hydrogen-bond donors (Lipinski definition) is 3. The Labute approximate surface area is 193 Å². The largest absolute Gasteiger partial charge is 0.479 e. The van der Waals surface area contributed by atoms with Crippen molar-refractivity contribution in [3.05, 3.63) is 59.7 Å². The van der Waals surface area contributed by atoms with Crippen LogP contribution in [0.1, 0.15) is 36.8 Å². The molecule has 2 aromatic rings. The maximum atomic E-state index is 12.2. The highest BCUT2D eigenvalue weighted by Gasteiger charge is 2.29. The minimum atomic E-state index is -1.13. The van der Waals surface area contributed by atoms with Gasteiger partial charge in [-0.2, -0.15) is 0 Å². The molecule has 0 spiro atoms. The summed E-state index contributed by atoms with van der Waals surface area (Å²) in [6, 6.07) is 16.3. The molecule has 2 atom stereocenters. The Morgan fingerprint density at radius 1 is 1.00 bits per heavy atom. The molecule has 2 aromatic carbocycles. The van der Waals surface area contributed by atoms with E-state index in [-0.39, 0.29) is 37.3 Å². The molecule has 0 aliphatic heterocycles. The van der Waals surface area contributed by atoms with Crippen molar-refractivity contribution in [2.75, 3.05) is 26.8 Å². The van der Waals surface area contributed by atoms with Crippen LogP contribution in [0.4, 0.5) is 4.79 Å². The van der Waals surface area contributed by atoms with Crippen molar-refractivity contribution in [2.24, 2.45) is 5.92 Å². The third kappa shape index (κ3) is 6.32. The number of aliphatic carboxylic acids is 1. The number of hydrogen-bond acceptors (Lipinski definition) is 5. The number of alkyl carbamates (subject to hydrolysis) is 1. The molecule has 3 N–H and O–H groups in total.